The van der Waals surface area contributed by atoms with Crippen molar-refractivity contribution in [3.8, 4) is 12.1 Å². The Morgan fingerprint density at radius 2 is 1.75 bits per heavy atom. The topological polar surface area (TPSA) is 47.6 Å². The molecule has 0 saturated carbocycles. The van der Waals surface area contributed by atoms with Crippen LogP contribution < -0.4 is 0 Å². The van der Waals surface area contributed by atoms with Crippen molar-refractivity contribution in [2.24, 2.45) is 5.41 Å². The summed E-state index contributed by atoms with van der Waals surface area (Å²) in [6, 6.07) is 13.8. The van der Waals surface area contributed by atoms with Crippen molar-refractivity contribution < 1.29 is 0 Å². The molecule has 2 heteroatoms. The van der Waals surface area contributed by atoms with E-state index in [1.165, 1.54) is 0 Å². The van der Waals surface area contributed by atoms with E-state index in [-0.39, 0.29) is 5.92 Å². The summed E-state index contributed by atoms with van der Waals surface area (Å²) in [6.07, 6.45) is 0. The molecule has 1 aromatic rings. The molecule has 0 spiro atoms. The summed E-state index contributed by atoms with van der Waals surface area (Å²) >= 11 is 0. The van der Waals surface area contributed by atoms with Gasteiger partial charge in [0.2, 0.25) is 0 Å². The van der Waals surface area contributed by atoms with Crippen molar-refractivity contribution in [3.05, 3.63) is 48.0 Å². The summed E-state index contributed by atoms with van der Waals surface area (Å²) < 4.78 is 0. The summed E-state index contributed by atoms with van der Waals surface area (Å²) in [5.41, 5.74) is 0.434. The molecule has 16 heavy (non-hydrogen) atoms. The van der Waals surface area contributed by atoms with Gasteiger partial charge in [0, 0.05) is 5.92 Å². The zero-order valence-electron chi connectivity index (χ0n) is 9.57. The summed E-state index contributed by atoms with van der Waals surface area (Å²) in [5.74, 6) is -0.179. The van der Waals surface area contributed by atoms with Gasteiger partial charge in [-0.05, 0) is 18.1 Å². The molecule has 0 radical (unpaired) electrons. The van der Waals surface area contributed by atoms with Gasteiger partial charge in [-0.1, -0.05) is 43.8 Å². The van der Waals surface area contributed by atoms with Gasteiger partial charge in [-0.25, -0.2) is 0 Å². The molecule has 1 rings (SSSR count). The van der Waals surface area contributed by atoms with E-state index in [9.17, 15) is 10.5 Å². The third-order valence-corrected chi connectivity index (χ3v) is 2.97. The molecule has 0 saturated heterocycles. The number of hydrogen-bond acceptors (Lipinski definition) is 2. The van der Waals surface area contributed by atoms with E-state index in [1.807, 2.05) is 37.3 Å². The van der Waals surface area contributed by atoms with Crippen molar-refractivity contribution in [2.75, 3.05) is 0 Å². The lowest BCUT2D eigenvalue weighted by Crippen LogP contribution is -2.24. The van der Waals surface area contributed by atoms with Gasteiger partial charge in [0.25, 0.3) is 0 Å². The highest BCUT2D eigenvalue weighted by molar-refractivity contribution is 5.38. The number of benzene rings is 1. The van der Waals surface area contributed by atoms with Gasteiger partial charge in [0.1, 0.15) is 0 Å². The van der Waals surface area contributed by atoms with Crippen molar-refractivity contribution in [1.82, 2.24) is 0 Å². The number of allylic oxidation sites excluding steroid dienone is 1. The molecule has 1 atom stereocenters. The van der Waals surface area contributed by atoms with Crippen LogP contribution in [0.3, 0.4) is 0 Å². The van der Waals surface area contributed by atoms with Crippen molar-refractivity contribution in [2.45, 2.75) is 19.8 Å². The molecule has 0 bridgehead atoms. The third kappa shape index (κ3) is 1.83. The van der Waals surface area contributed by atoms with Crippen LogP contribution in [0.1, 0.15) is 25.3 Å². The van der Waals surface area contributed by atoms with Crippen LogP contribution >= 0.6 is 0 Å². The van der Waals surface area contributed by atoms with Crippen LogP contribution in [-0.2, 0) is 0 Å². The van der Waals surface area contributed by atoms with E-state index in [0.29, 0.717) is 5.57 Å². The fraction of sp³-hybridized carbons (Fsp3) is 0.286. The maximum Gasteiger partial charge on any atom is 0.170 e. The molecule has 0 fully saturated rings. The van der Waals surface area contributed by atoms with E-state index in [0.717, 1.165) is 5.56 Å². The van der Waals surface area contributed by atoms with Gasteiger partial charge in [-0.15, -0.1) is 0 Å². The zero-order valence-corrected chi connectivity index (χ0v) is 9.57. The first-order chi connectivity index (χ1) is 7.58. The lowest BCUT2D eigenvalue weighted by molar-refractivity contribution is 0.509. The molecule has 0 amide bonds. The second-order valence-electron chi connectivity index (χ2n) is 3.94. The van der Waals surface area contributed by atoms with Gasteiger partial charge < -0.3 is 0 Å². The Labute approximate surface area is 96.4 Å². The Morgan fingerprint density at radius 1 is 1.25 bits per heavy atom. The number of rotatable bonds is 3. The number of nitriles is 2. The molecular weight excluding hydrogens is 196 g/mol. The second kappa shape index (κ2) is 4.64. The highest BCUT2D eigenvalue weighted by Gasteiger charge is 2.38. The first kappa shape index (κ1) is 12.0. The molecule has 2 nitrogen and oxygen atoms in total. The molecule has 0 aromatic heterocycles. The predicted molar refractivity (Wildman–Crippen MR) is 63.3 cm³/mol. The van der Waals surface area contributed by atoms with Crippen LogP contribution in [0.2, 0.25) is 0 Å². The zero-order chi connectivity index (χ0) is 12.2. The Morgan fingerprint density at radius 3 is 2.12 bits per heavy atom. The van der Waals surface area contributed by atoms with Gasteiger partial charge in [0.05, 0.1) is 12.1 Å². The van der Waals surface area contributed by atoms with Crippen LogP contribution in [0.4, 0.5) is 0 Å². The summed E-state index contributed by atoms with van der Waals surface area (Å²) in [6.45, 7) is 7.38. The van der Waals surface area contributed by atoms with Crippen LogP contribution in [0.5, 0.6) is 0 Å². The SMILES string of the molecule is C=C(C)C(C#N)(C#N)C(C)c1ccccc1. The fourth-order valence-corrected chi connectivity index (χ4v) is 1.77. The lowest BCUT2D eigenvalue weighted by Gasteiger charge is -2.26. The van der Waals surface area contributed by atoms with Crippen LogP contribution in [0.25, 0.3) is 0 Å². The Kier molecular flexibility index (Phi) is 3.48. The molecule has 0 N–H and O–H groups in total. The molecule has 1 aromatic carbocycles. The maximum absolute atomic E-state index is 9.25. The monoisotopic (exact) mass is 210 g/mol. The van der Waals surface area contributed by atoms with Gasteiger partial charge in [0.15, 0.2) is 5.41 Å². The minimum atomic E-state index is -1.14. The average Bonchev–Trinajstić information content (AvgIpc) is 2.32. The predicted octanol–water partition coefficient (Wildman–Crippen LogP) is 3.40. The van der Waals surface area contributed by atoms with E-state index in [1.54, 1.807) is 6.92 Å². The molecule has 0 aliphatic heterocycles. The van der Waals surface area contributed by atoms with Gasteiger partial charge >= 0.3 is 0 Å². The third-order valence-electron chi connectivity index (χ3n) is 2.97. The molecule has 80 valence electrons. The maximum atomic E-state index is 9.25. The lowest BCUT2D eigenvalue weighted by atomic mass is 9.71. The molecule has 1 unspecified atom stereocenters. The summed E-state index contributed by atoms with van der Waals surface area (Å²) in [4.78, 5) is 0. The van der Waals surface area contributed by atoms with E-state index >= 15 is 0 Å². The largest absolute Gasteiger partial charge is 0.196 e. The minimum absolute atomic E-state index is 0.179. The highest BCUT2D eigenvalue weighted by atomic mass is 14.5. The second-order valence-corrected chi connectivity index (χ2v) is 3.94. The summed E-state index contributed by atoms with van der Waals surface area (Å²) in [7, 11) is 0. The molecule has 0 heterocycles. The minimum Gasteiger partial charge on any atom is -0.196 e. The van der Waals surface area contributed by atoms with E-state index in [4.69, 9.17) is 0 Å². The molecular formula is C14H14N2. The standard InChI is InChI=1S/C14H14N2/c1-11(2)14(9-15,10-16)12(3)13-7-5-4-6-8-13/h4-8,12H,1H2,2-3H3. The van der Waals surface area contributed by atoms with Gasteiger partial charge in [-0.2, -0.15) is 10.5 Å². The Balaban J connectivity index is 3.23. The Hall–Kier alpha value is -2.06. The average molecular weight is 210 g/mol. The quantitative estimate of drug-likeness (QED) is 0.718. The number of hydrogen-bond donors (Lipinski definition) is 0. The smallest absolute Gasteiger partial charge is 0.170 e. The normalized spacial score (nSPS) is 12.2. The molecule has 0 aliphatic carbocycles. The summed E-state index contributed by atoms with van der Waals surface area (Å²) in [5, 5.41) is 18.5. The first-order valence-electron chi connectivity index (χ1n) is 5.12. The Bertz CT molecular complexity index is 446. The molecule has 0 aliphatic rings. The fourth-order valence-electron chi connectivity index (χ4n) is 1.77. The van der Waals surface area contributed by atoms with E-state index < -0.39 is 5.41 Å². The number of nitrogens with zero attached hydrogens (tertiary/aromatic N) is 2. The van der Waals surface area contributed by atoms with Crippen molar-refractivity contribution in [1.29, 1.82) is 10.5 Å². The van der Waals surface area contributed by atoms with E-state index in [2.05, 4.69) is 18.7 Å². The van der Waals surface area contributed by atoms with Gasteiger partial charge in [-0.3, -0.25) is 0 Å². The van der Waals surface area contributed by atoms with Crippen molar-refractivity contribution >= 4 is 0 Å². The van der Waals surface area contributed by atoms with Crippen LogP contribution in [0, 0.1) is 28.1 Å². The van der Waals surface area contributed by atoms with Crippen molar-refractivity contribution in [3.63, 3.8) is 0 Å². The highest BCUT2D eigenvalue weighted by Crippen LogP contribution is 2.40. The van der Waals surface area contributed by atoms with Crippen LogP contribution in [0.15, 0.2) is 42.5 Å². The first-order valence-corrected chi connectivity index (χ1v) is 5.12. The van der Waals surface area contributed by atoms with Crippen LogP contribution in [-0.4, -0.2) is 0 Å².